The fraction of sp³-hybridized carbons (Fsp3) is 0.379. The van der Waals surface area contributed by atoms with Crippen molar-refractivity contribution in [2.45, 2.75) is 57.2 Å². The van der Waals surface area contributed by atoms with Crippen molar-refractivity contribution in [3.63, 3.8) is 0 Å². The van der Waals surface area contributed by atoms with Crippen molar-refractivity contribution in [2.24, 2.45) is 0 Å². The number of aromatic hydroxyl groups is 1. The van der Waals surface area contributed by atoms with Gasteiger partial charge in [-0.1, -0.05) is 47.8 Å². The highest BCUT2D eigenvalue weighted by Crippen LogP contribution is 2.40. The Morgan fingerprint density at radius 1 is 1.06 bits per heavy atom. The van der Waals surface area contributed by atoms with Crippen LogP contribution >= 0.6 is 23.2 Å². The molecule has 3 aromatic carbocycles. The normalized spacial score (nSPS) is 20.8. The molecule has 1 saturated heterocycles. The molecule has 6 heteroatoms. The van der Waals surface area contributed by atoms with E-state index in [1.807, 2.05) is 24.3 Å². The number of piperidine rings is 1. The van der Waals surface area contributed by atoms with Crippen molar-refractivity contribution < 1.29 is 9.84 Å². The molecule has 1 fully saturated rings. The minimum absolute atomic E-state index is 0.0927. The van der Waals surface area contributed by atoms with E-state index in [1.165, 1.54) is 36.0 Å². The van der Waals surface area contributed by atoms with Crippen molar-refractivity contribution in [2.75, 3.05) is 18.0 Å². The van der Waals surface area contributed by atoms with Crippen molar-refractivity contribution in [3.8, 4) is 11.5 Å². The lowest BCUT2D eigenvalue weighted by atomic mass is 9.88. The molecule has 2 aliphatic heterocycles. The number of nitrogens with zero attached hydrogens (tertiary/aromatic N) is 1. The summed E-state index contributed by atoms with van der Waals surface area (Å²) in [5.74, 6) is 1.21. The van der Waals surface area contributed by atoms with E-state index >= 15 is 0 Å². The molecule has 0 amide bonds. The van der Waals surface area contributed by atoms with Gasteiger partial charge >= 0.3 is 0 Å². The highest BCUT2D eigenvalue weighted by molar-refractivity contribution is 6.36. The van der Waals surface area contributed by atoms with Crippen LogP contribution in [0.5, 0.6) is 11.5 Å². The van der Waals surface area contributed by atoms with Gasteiger partial charge in [0, 0.05) is 17.6 Å². The van der Waals surface area contributed by atoms with E-state index in [2.05, 4.69) is 41.4 Å². The third-order valence-electron chi connectivity index (χ3n) is 7.29. The monoisotopic (exact) mass is 510 g/mol. The fourth-order valence-corrected chi connectivity index (χ4v) is 5.94. The molecule has 0 bridgehead atoms. The molecule has 4 nitrogen and oxygen atoms in total. The van der Waals surface area contributed by atoms with Crippen LogP contribution in [0.25, 0.3) is 0 Å². The number of phenolic OH excluding ortho intramolecular Hbond substituents is 1. The van der Waals surface area contributed by atoms with Crippen molar-refractivity contribution in [3.05, 3.63) is 87.4 Å². The number of anilines is 1. The quantitative estimate of drug-likeness (QED) is 0.376. The van der Waals surface area contributed by atoms with Crippen molar-refractivity contribution in [1.82, 2.24) is 5.32 Å². The van der Waals surface area contributed by atoms with Gasteiger partial charge in [-0.15, -0.1) is 0 Å². The number of nitrogens with one attached hydrogen (secondary N) is 1. The van der Waals surface area contributed by atoms with Crippen molar-refractivity contribution >= 4 is 28.9 Å². The molecule has 5 rings (SSSR count). The Bertz CT molecular complexity index is 1160. The first kappa shape index (κ1) is 24.3. The van der Waals surface area contributed by atoms with Gasteiger partial charge in [0.1, 0.15) is 17.6 Å². The lowest BCUT2D eigenvalue weighted by Crippen LogP contribution is -2.44. The summed E-state index contributed by atoms with van der Waals surface area (Å²) in [5, 5.41) is 14.9. The molecular weight excluding hydrogens is 479 g/mol. The van der Waals surface area contributed by atoms with Crippen LogP contribution in [0.15, 0.2) is 60.7 Å². The van der Waals surface area contributed by atoms with Crippen LogP contribution in [-0.4, -0.2) is 30.3 Å². The van der Waals surface area contributed by atoms with E-state index in [0.717, 1.165) is 37.4 Å². The molecule has 2 heterocycles. The molecule has 2 N–H and O–H groups in total. The molecule has 0 radical (unpaired) electrons. The predicted octanol–water partition coefficient (Wildman–Crippen LogP) is 6.95. The number of fused-ring (bicyclic) bond motifs is 1. The van der Waals surface area contributed by atoms with Gasteiger partial charge < -0.3 is 20.1 Å². The number of hydrogen-bond acceptors (Lipinski definition) is 4. The lowest BCUT2D eigenvalue weighted by molar-refractivity contribution is 0.152. The van der Waals surface area contributed by atoms with E-state index in [0.29, 0.717) is 21.8 Å². The van der Waals surface area contributed by atoms with E-state index < -0.39 is 0 Å². The topological polar surface area (TPSA) is 44.7 Å². The number of halogens is 2. The van der Waals surface area contributed by atoms with E-state index in [4.69, 9.17) is 27.9 Å². The fourth-order valence-electron chi connectivity index (χ4n) is 5.42. The van der Waals surface area contributed by atoms with Crippen LogP contribution in [-0.2, 0) is 12.8 Å². The van der Waals surface area contributed by atoms with Gasteiger partial charge in [0.15, 0.2) is 0 Å². The third kappa shape index (κ3) is 5.55. The van der Waals surface area contributed by atoms with Gasteiger partial charge in [-0.25, -0.2) is 0 Å². The largest absolute Gasteiger partial charge is 0.508 e. The first-order valence-electron chi connectivity index (χ1n) is 12.5. The molecule has 3 atom stereocenters. The van der Waals surface area contributed by atoms with Crippen LogP contribution in [0.2, 0.25) is 10.0 Å². The Labute approximate surface area is 217 Å². The van der Waals surface area contributed by atoms with Gasteiger partial charge in [-0.05, 0) is 98.3 Å². The van der Waals surface area contributed by atoms with Gasteiger partial charge in [0.2, 0.25) is 0 Å². The van der Waals surface area contributed by atoms with Crippen LogP contribution in [0, 0.1) is 0 Å². The second-order valence-electron chi connectivity index (χ2n) is 9.67. The Morgan fingerprint density at radius 2 is 1.89 bits per heavy atom. The standard InChI is InChI=1S/C29H32Cl2N2O2/c1-19(27-4-2-3-14-32-27)35-24-9-5-20(6-10-24)16-29-25-11-8-23(34)17-21(25)13-15-33(29)28-12-7-22(30)18-26(28)31/h5-12,17-19,27,29,32,34H,2-4,13-16H2,1H3. The predicted molar refractivity (Wildman–Crippen MR) is 144 cm³/mol. The van der Waals surface area contributed by atoms with Gasteiger partial charge in [0.05, 0.1) is 16.8 Å². The van der Waals surface area contributed by atoms with E-state index in [-0.39, 0.29) is 12.1 Å². The zero-order valence-electron chi connectivity index (χ0n) is 20.0. The van der Waals surface area contributed by atoms with Gasteiger partial charge in [-0.3, -0.25) is 0 Å². The average molecular weight is 511 g/mol. The summed E-state index contributed by atoms with van der Waals surface area (Å²) in [6, 6.07) is 20.4. The Morgan fingerprint density at radius 3 is 2.63 bits per heavy atom. The lowest BCUT2D eigenvalue weighted by Gasteiger charge is -2.40. The number of phenols is 1. The summed E-state index contributed by atoms with van der Waals surface area (Å²) < 4.78 is 6.25. The number of rotatable bonds is 6. The molecule has 184 valence electrons. The average Bonchev–Trinajstić information content (AvgIpc) is 2.86. The van der Waals surface area contributed by atoms with Crippen LogP contribution in [0.3, 0.4) is 0 Å². The second-order valence-corrected chi connectivity index (χ2v) is 10.5. The zero-order chi connectivity index (χ0) is 24.4. The SMILES string of the molecule is CC(Oc1ccc(CC2c3ccc(O)cc3CCN2c2ccc(Cl)cc2Cl)cc1)C1CCCCN1. The Hall–Kier alpha value is -2.40. The molecule has 0 aliphatic carbocycles. The van der Waals surface area contributed by atoms with Crippen molar-refractivity contribution in [1.29, 1.82) is 0 Å². The smallest absolute Gasteiger partial charge is 0.119 e. The summed E-state index contributed by atoms with van der Waals surface area (Å²) in [6.45, 7) is 4.04. The summed E-state index contributed by atoms with van der Waals surface area (Å²) >= 11 is 12.8. The number of benzene rings is 3. The molecule has 0 saturated carbocycles. The maximum atomic E-state index is 10.1. The summed E-state index contributed by atoms with van der Waals surface area (Å²) in [5.41, 5.74) is 4.61. The number of hydrogen-bond donors (Lipinski definition) is 2. The maximum absolute atomic E-state index is 10.1. The van der Waals surface area contributed by atoms with Crippen LogP contribution < -0.4 is 15.0 Å². The van der Waals surface area contributed by atoms with E-state index in [1.54, 1.807) is 12.1 Å². The molecule has 0 aromatic heterocycles. The van der Waals surface area contributed by atoms with Crippen LogP contribution in [0.1, 0.15) is 48.9 Å². The minimum atomic E-state index is 0.0927. The molecule has 3 aromatic rings. The Balaban J connectivity index is 1.37. The van der Waals surface area contributed by atoms with Gasteiger partial charge in [0.25, 0.3) is 0 Å². The van der Waals surface area contributed by atoms with Crippen LogP contribution in [0.4, 0.5) is 5.69 Å². The molecule has 3 unspecified atom stereocenters. The first-order chi connectivity index (χ1) is 17.0. The first-order valence-corrected chi connectivity index (χ1v) is 13.3. The second kappa shape index (κ2) is 10.7. The number of ether oxygens (including phenoxy) is 1. The highest BCUT2D eigenvalue weighted by atomic mass is 35.5. The zero-order valence-corrected chi connectivity index (χ0v) is 21.5. The minimum Gasteiger partial charge on any atom is -0.508 e. The van der Waals surface area contributed by atoms with Gasteiger partial charge in [-0.2, -0.15) is 0 Å². The molecule has 0 spiro atoms. The molecular formula is C29H32Cl2N2O2. The third-order valence-corrected chi connectivity index (χ3v) is 7.83. The maximum Gasteiger partial charge on any atom is 0.119 e. The highest BCUT2D eigenvalue weighted by Gasteiger charge is 2.29. The summed E-state index contributed by atoms with van der Waals surface area (Å²) in [6.07, 6.45) is 5.48. The van der Waals surface area contributed by atoms with E-state index in [9.17, 15) is 5.11 Å². The summed E-state index contributed by atoms with van der Waals surface area (Å²) in [4.78, 5) is 2.36. The molecule has 2 aliphatic rings. The molecule has 35 heavy (non-hydrogen) atoms. The Kier molecular flexibility index (Phi) is 7.43. The summed E-state index contributed by atoms with van der Waals surface area (Å²) in [7, 11) is 0.